The molecule has 7 nitrogen and oxygen atoms in total. The standard InChI is InChI=1S/C14H19N5O2/c1-11-9-13(19(20)21)10-16-14(11)17(3)6-4-7-18-8-5-15-12(18)2/h5,8-10H,4,6-7H2,1-3H3. The molecular weight excluding hydrogens is 270 g/mol. The molecule has 7 heteroatoms. The zero-order valence-corrected chi connectivity index (χ0v) is 12.5. The maximum Gasteiger partial charge on any atom is 0.287 e. The van der Waals surface area contributed by atoms with Gasteiger partial charge in [-0.15, -0.1) is 0 Å². The summed E-state index contributed by atoms with van der Waals surface area (Å²) in [7, 11) is 1.95. The lowest BCUT2D eigenvalue weighted by Gasteiger charge is -2.20. The van der Waals surface area contributed by atoms with E-state index in [1.165, 1.54) is 6.20 Å². The number of hydrogen-bond donors (Lipinski definition) is 0. The van der Waals surface area contributed by atoms with Gasteiger partial charge >= 0.3 is 0 Å². The summed E-state index contributed by atoms with van der Waals surface area (Å²) in [5, 5.41) is 10.7. The topological polar surface area (TPSA) is 77.1 Å². The summed E-state index contributed by atoms with van der Waals surface area (Å²) in [6.45, 7) is 5.53. The minimum atomic E-state index is -0.425. The highest BCUT2D eigenvalue weighted by Crippen LogP contribution is 2.20. The van der Waals surface area contributed by atoms with Gasteiger partial charge in [0.05, 0.1) is 4.92 Å². The second-order valence-corrected chi connectivity index (χ2v) is 5.03. The van der Waals surface area contributed by atoms with E-state index in [9.17, 15) is 10.1 Å². The third-order valence-corrected chi connectivity index (χ3v) is 3.42. The number of rotatable bonds is 6. The molecule has 0 spiro atoms. The number of nitrogens with zero attached hydrogens (tertiary/aromatic N) is 5. The predicted octanol–water partition coefficient (Wildman–Crippen LogP) is 2.33. The molecule has 2 aromatic heterocycles. The minimum Gasteiger partial charge on any atom is -0.359 e. The van der Waals surface area contributed by atoms with Gasteiger partial charge in [-0.1, -0.05) is 0 Å². The third kappa shape index (κ3) is 3.56. The van der Waals surface area contributed by atoms with E-state index in [-0.39, 0.29) is 5.69 Å². The molecule has 2 aromatic rings. The fraction of sp³-hybridized carbons (Fsp3) is 0.429. The van der Waals surface area contributed by atoms with Crippen LogP contribution in [0.5, 0.6) is 0 Å². The minimum absolute atomic E-state index is 0.0266. The maximum absolute atomic E-state index is 10.7. The van der Waals surface area contributed by atoms with Crippen LogP contribution in [0.2, 0.25) is 0 Å². The van der Waals surface area contributed by atoms with Gasteiger partial charge in [-0.2, -0.15) is 0 Å². The number of hydrogen-bond acceptors (Lipinski definition) is 5. The van der Waals surface area contributed by atoms with Crippen LogP contribution < -0.4 is 4.90 Å². The molecule has 0 radical (unpaired) electrons. The van der Waals surface area contributed by atoms with E-state index in [1.807, 2.05) is 32.0 Å². The Balaban J connectivity index is 1.95. The van der Waals surface area contributed by atoms with Crippen molar-refractivity contribution in [3.8, 4) is 0 Å². The summed E-state index contributed by atoms with van der Waals surface area (Å²) in [6, 6.07) is 1.55. The molecule has 0 aliphatic carbocycles. The summed E-state index contributed by atoms with van der Waals surface area (Å²) in [4.78, 5) is 20.7. The van der Waals surface area contributed by atoms with Gasteiger partial charge < -0.3 is 9.47 Å². The van der Waals surface area contributed by atoms with Crippen molar-refractivity contribution in [3.63, 3.8) is 0 Å². The van der Waals surface area contributed by atoms with E-state index in [0.29, 0.717) is 0 Å². The SMILES string of the molecule is Cc1cc([N+](=O)[O-])cnc1N(C)CCCn1ccnc1C. The molecule has 0 saturated heterocycles. The molecule has 0 aliphatic heterocycles. The Bertz CT molecular complexity index is 638. The van der Waals surface area contributed by atoms with E-state index in [1.54, 1.807) is 12.3 Å². The molecule has 0 atom stereocenters. The van der Waals surface area contributed by atoms with Crippen molar-refractivity contribution >= 4 is 11.5 Å². The lowest BCUT2D eigenvalue weighted by atomic mass is 10.2. The molecule has 0 saturated carbocycles. The first-order valence-corrected chi connectivity index (χ1v) is 6.79. The number of aromatic nitrogens is 3. The lowest BCUT2D eigenvalue weighted by molar-refractivity contribution is -0.385. The molecule has 112 valence electrons. The van der Waals surface area contributed by atoms with Crippen molar-refractivity contribution in [3.05, 3.63) is 46.2 Å². The quantitative estimate of drug-likeness (QED) is 0.602. The van der Waals surface area contributed by atoms with Crippen LogP contribution in [-0.2, 0) is 6.54 Å². The summed E-state index contributed by atoms with van der Waals surface area (Å²) >= 11 is 0. The predicted molar refractivity (Wildman–Crippen MR) is 80.5 cm³/mol. The number of nitro groups is 1. The van der Waals surface area contributed by atoms with Crippen LogP contribution in [0.25, 0.3) is 0 Å². The van der Waals surface area contributed by atoms with Crippen molar-refractivity contribution < 1.29 is 4.92 Å². The summed E-state index contributed by atoms with van der Waals surface area (Å²) in [5.41, 5.74) is 0.837. The molecule has 0 unspecified atom stereocenters. The Kier molecular flexibility index (Phi) is 4.52. The number of imidazole rings is 1. The second kappa shape index (κ2) is 6.34. The van der Waals surface area contributed by atoms with Crippen LogP contribution in [0.3, 0.4) is 0 Å². The van der Waals surface area contributed by atoms with Crippen LogP contribution >= 0.6 is 0 Å². The molecule has 21 heavy (non-hydrogen) atoms. The maximum atomic E-state index is 10.7. The highest BCUT2D eigenvalue weighted by Gasteiger charge is 2.12. The van der Waals surface area contributed by atoms with Gasteiger partial charge in [0, 0.05) is 38.6 Å². The van der Waals surface area contributed by atoms with Crippen LogP contribution in [0.1, 0.15) is 17.8 Å². The van der Waals surface area contributed by atoms with Crippen molar-refractivity contribution in [2.45, 2.75) is 26.8 Å². The molecule has 0 bridgehead atoms. The molecule has 0 aliphatic rings. The Morgan fingerprint density at radius 1 is 1.38 bits per heavy atom. The molecule has 0 fully saturated rings. The molecule has 0 N–H and O–H groups in total. The second-order valence-electron chi connectivity index (χ2n) is 5.03. The van der Waals surface area contributed by atoms with Gasteiger partial charge in [0.15, 0.2) is 0 Å². The summed E-state index contributed by atoms with van der Waals surface area (Å²) in [5.74, 6) is 1.78. The Morgan fingerprint density at radius 3 is 2.71 bits per heavy atom. The largest absolute Gasteiger partial charge is 0.359 e. The third-order valence-electron chi connectivity index (χ3n) is 3.42. The zero-order chi connectivity index (χ0) is 15.4. The fourth-order valence-corrected chi connectivity index (χ4v) is 2.28. The number of aryl methyl sites for hydroxylation is 3. The molecule has 0 aromatic carbocycles. The van der Waals surface area contributed by atoms with E-state index >= 15 is 0 Å². The van der Waals surface area contributed by atoms with Gasteiger partial charge in [-0.25, -0.2) is 9.97 Å². The van der Waals surface area contributed by atoms with Gasteiger partial charge in [-0.05, 0) is 25.8 Å². The number of anilines is 1. The highest BCUT2D eigenvalue weighted by atomic mass is 16.6. The first kappa shape index (κ1) is 15.0. The van der Waals surface area contributed by atoms with Crippen LogP contribution in [0.4, 0.5) is 11.5 Å². The van der Waals surface area contributed by atoms with Crippen molar-refractivity contribution in [1.29, 1.82) is 0 Å². The smallest absolute Gasteiger partial charge is 0.287 e. The Labute approximate surface area is 123 Å². The van der Waals surface area contributed by atoms with Gasteiger partial charge in [0.2, 0.25) is 0 Å². The average molecular weight is 289 g/mol. The van der Waals surface area contributed by atoms with E-state index in [4.69, 9.17) is 0 Å². The molecule has 2 rings (SSSR count). The van der Waals surface area contributed by atoms with Crippen molar-refractivity contribution in [1.82, 2.24) is 14.5 Å². The van der Waals surface area contributed by atoms with E-state index < -0.39 is 4.92 Å². The summed E-state index contributed by atoms with van der Waals surface area (Å²) < 4.78 is 2.10. The summed E-state index contributed by atoms with van der Waals surface area (Å²) in [6.07, 6.45) is 6.01. The Hall–Kier alpha value is -2.44. The Morgan fingerprint density at radius 2 is 2.14 bits per heavy atom. The van der Waals surface area contributed by atoms with Crippen LogP contribution in [0.15, 0.2) is 24.7 Å². The normalized spacial score (nSPS) is 10.6. The zero-order valence-electron chi connectivity index (χ0n) is 12.5. The number of pyridine rings is 1. The van der Waals surface area contributed by atoms with Gasteiger partial charge in [-0.3, -0.25) is 10.1 Å². The molecule has 0 amide bonds. The van der Waals surface area contributed by atoms with Crippen molar-refractivity contribution in [2.75, 3.05) is 18.5 Å². The van der Waals surface area contributed by atoms with Gasteiger partial charge in [0.25, 0.3) is 5.69 Å². The fourth-order valence-electron chi connectivity index (χ4n) is 2.28. The van der Waals surface area contributed by atoms with Crippen molar-refractivity contribution in [2.24, 2.45) is 0 Å². The average Bonchev–Trinajstić information content (AvgIpc) is 2.84. The lowest BCUT2D eigenvalue weighted by Crippen LogP contribution is -2.22. The first-order valence-electron chi connectivity index (χ1n) is 6.79. The van der Waals surface area contributed by atoms with E-state index in [0.717, 1.165) is 36.7 Å². The molecular formula is C14H19N5O2. The molecule has 2 heterocycles. The van der Waals surface area contributed by atoms with Crippen LogP contribution in [0, 0.1) is 24.0 Å². The van der Waals surface area contributed by atoms with Gasteiger partial charge in [0.1, 0.15) is 17.8 Å². The van der Waals surface area contributed by atoms with Crippen LogP contribution in [-0.4, -0.2) is 33.1 Å². The highest BCUT2D eigenvalue weighted by molar-refractivity contribution is 5.49. The first-order chi connectivity index (χ1) is 9.99. The van der Waals surface area contributed by atoms with E-state index in [2.05, 4.69) is 14.5 Å². The monoisotopic (exact) mass is 289 g/mol.